The number of piperazine rings is 1. The average molecular weight is 687 g/mol. The van der Waals surface area contributed by atoms with Gasteiger partial charge in [0, 0.05) is 38.9 Å². The van der Waals surface area contributed by atoms with Crippen LogP contribution < -0.4 is 19.8 Å². The maximum Gasteiger partial charge on any atom is 0.279 e. The highest BCUT2D eigenvalue weighted by molar-refractivity contribution is 7.89. The smallest absolute Gasteiger partial charge is 0.279 e. The van der Waals surface area contributed by atoms with E-state index in [-0.39, 0.29) is 40.4 Å². The van der Waals surface area contributed by atoms with Crippen LogP contribution in [0.25, 0.3) is 22.4 Å². The van der Waals surface area contributed by atoms with Crippen molar-refractivity contribution in [2.24, 2.45) is 0 Å². The predicted molar refractivity (Wildman–Crippen MR) is 181 cm³/mol. The number of benzene rings is 1. The van der Waals surface area contributed by atoms with Crippen LogP contribution in [-0.4, -0.2) is 99.4 Å². The molecule has 5 aromatic rings. The van der Waals surface area contributed by atoms with Gasteiger partial charge in [0.2, 0.25) is 15.9 Å². The molecule has 0 radical (unpaired) electrons. The Bertz CT molecular complexity index is 2110. The fraction of sp³-hybridized carbons (Fsp3) is 0.382. The van der Waals surface area contributed by atoms with E-state index in [2.05, 4.69) is 25.0 Å². The fourth-order valence-corrected chi connectivity index (χ4v) is 7.58. The number of nitrogens with one attached hydrogen (secondary N) is 1. The van der Waals surface area contributed by atoms with Gasteiger partial charge in [-0.2, -0.15) is 9.40 Å². The van der Waals surface area contributed by atoms with Crippen LogP contribution in [0.3, 0.4) is 0 Å². The number of H-pyrrole nitrogens is 1. The monoisotopic (exact) mass is 686 g/mol. The zero-order valence-electron chi connectivity index (χ0n) is 27.4. The minimum Gasteiger partial charge on any atom is -0.486 e. The third kappa shape index (κ3) is 6.73. The Morgan fingerprint density at radius 2 is 1.80 bits per heavy atom. The molecule has 1 atom stereocenters. The van der Waals surface area contributed by atoms with E-state index in [1.807, 2.05) is 49.4 Å². The largest absolute Gasteiger partial charge is 0.486 e. The molecule has 1 fully saturated rings. The quantitative estimate of drug-likeness (QED) is 0.218. The van der Waals surface area contributed by atoms with Crippen LogP contribution >= 0.6 is 0 Å². The molecule has 49 heavy (non-hydrogen) atoms. The topological polar surface area (TPSA) is 158 Å². The molecule has 1 N–H and O–H groups in total. The number of aryl methyl sites for hydroxylation is 1. The van der Waals surface area contributed by atoms with Crippen molar-refractivity contribution in [3.8, 4) is 28.8 Å². The van der Waals surface area contributed by atoms with Crippen LogP contribution in [0, 0.1) is 0 Å². The lowest BCUT2D eigenvalue weighted by molar-refractivity contribution is 0.0493. The average Bonchev–Trinajstić information content (AvgIpc) is 3.46. The molecule has 0 spiro atoms. The van der Waals surface area contributed by atoms with Crippen LogP contribution in [0.4, 0.5) is 0 Å². The van der Waals surface area contributed by atoms with Crippen molar-refractivity contribution in [1.29, 1.82) is 0 Å². The molecule has 0 amide bonds. The molecule has 1 aromatic carbocycles. The van der Waals surface area contributed by atoms with Crippen LogP contribution in [0.5, 0.6) is 17.4 Å². The lowest BCUT2D eigenvalue weighted by Crippen LogP contribution is -2.52. The van der Waals surface area contributed by atoms with Crippen LogP contribution in [-0.2, 0) is 23.0 Å². The first-order valence-electron chi connectivity index (χ1n) is 16.5. The number of aromatic nitrogens is 6. The van der Waals surface area contributed by atoms with Crippen LogP contribution in [0.2, 0.25) is 0 Å². The summed E-state index contributed by atoms with van der Waals surface area (Å²) in [6.45, 7) is 7.23. The zero-order valence-corrected chi connectivity index (χ0v) is 28.2. The summed E-state index contributed by atoms with van der Waals surface area (Å²) in [6.07, 6.45) is 4.29. The SMILES string of the molecule is CCCc1c2nc(-c3cc(S(=O)(=O)N4CCN(CC5COc6ccccc6O5)CC4)cnc3OCC)[nH]c(=O)c2nn1Cc1ccccn1. The maximum atomic E-state index is 13.9. The molecule has 6 heterocycles. The summed E-state index contributed by atoms with van der Waals surface area (Å²) >= 11 is 0. The summed E-state index contributed by atoms with van der Waals surface area (Å²) in [4.78, 5) is 32.0. The van der Waals surface area contributed by atoms with Gasteiger partial charge in [-0.15, -0.1) is 0 Å². The highest BCUT2D eigenvalue weighted by Gasteiger charge is 2.32. The second kappa shape index (κ2) is 13.9. The van der Waals surface area contributed by atoms with Crippen molar-refractivity contribution in [3.05, 3.63) is 82.7 Å². The Hall–Kier alpha value is -4.86. The first-order chi connectivity index (χ1) is 23.8. The molecular formula is C34H38N8O6S. The third-order valence-electron chi connectivity index (χ3n) is 8.59. The number of hydrogen-bond donors (Lipinski definition) is 1. The molecular weight excluding hydrogens is 648 g/mol. The zero-order chi connectivity index (χ0) is 34.0. The second-order valence-corrected chi connectivity index (χ2v) is 13.9. The highest BCUT2D eigenvalue weighted by Crippen LogP contribution is 2.32. The minimum absolute atomic E-state index is 0.0117. The van der Waals surface area contributed by atoms with E-state index in [1.165, 1.54) is 16.6 Å². The van der Waals surface area contributed by atoms with Crippen molar-refractivity contribution in [2.45, 2.75) is 44.2 Å². The number of nitrogens with zero attached hydrogens (tertiary/aromatic N) is 7. The van der Waals surface area contributed by atoms with Gasteiger partial charge in [0.15, 0.2) is 17.0 Å². The Morgan fingerprint density at radius 3 is 2.55 bits per heavy atom. The molecule has 256 valence electrons. The number of rotatable bonds is 11. The van der Waals surface area contributed by atoms with Gasteiger partial charge in [0.25, 0.3) is 5.56 Å². The van der Waals surface area contributed by atoms with Gasteiger partial charge < -0.3 is 19.2 Å². The Labute approximate surface area is 283 Å². The van der Waals surface area contributed by atoms with Crippen molar-refractivity contribution >= 4 is 21.1 Å². The van der Waals surface area contributed by atoms with Crippen LogP contribution in [0.1, 0.15) is 31.7 Å². The van der Waals surface area contributed by atoms with E-state index in [9.17, 15) is 13.2 Å². The molecule has 4 aromatic heterocycles. The lowest BCUT2D eigenvalue weighted by atomic mass is 10.2. The minimum atomic E-state index is -3.93. The van der Waals surface area contributed by atoms with Crippen molar-refractivity contribution in [2.75, 3.05) is 45.9 Å². The maximum absolute atomic E-state index is 13.9. The third-order valence-corrected chi connectivity index (χ3v) is 10.4. The van der Waals surface area contributed by atoms with E-state index in [0.29, 0.717) is 63.6 Å². The first-order valence-corrected chi connectivity index (χ1v) is 17.9. The Balaban J connectivity index is 1.14. The molecule has 0 aliphatic carbocycles. The van der Waals surface area contributed by atoms with Crippen molar-refractivity contribution in [3.63, 3.8) is 0 Å². The normalized spacial score (nSPS) is 17.0. The second-order valence-electron chi connectivity index (χ2n) is 11.9. The van der Waals surface area contributed by atoms with E-state index < -0.39 is 15.6 Å². The number of hydrogen-bond acceptors (Lipinski definition) is 11. The van der Waals surface area contributed by atoms with Gasteiger partial charge in [0.05, 0.1) is 36.3 Å². The molecule has 15 heteroatoms. The van der Waals surface area contributed by atoms with Crippen LogP contribution in [0.15, 0.2) is 70.6 Å². The summed E-state index contributed by atoms with van der Waals surface area (Å²) < 4.78 is 48.8. The molecule has 2 aliphatic rings. The number of pyridine rings is 2. The van der Waals surface area contributed by atoms with E-state index in [4.69, 9.17) is 19.2 Å². The number of ether oxygens (including phenoxy) is 3. The number of fused-ring (bicyclic) bond motifs is 2. The Morgan fingerprint density at radius 1 is 1.00 bits per heavy atom. The predicted octanol–water partition coefficient (Wildman–Crippen LogP) is 3.12. The number of sulfonamides is 1. The summed E-state index contributed by atoms with van der Waals surface area (Å²) in [7, 11) is -3.93. The summed E-state index contributed by atoms with van der Waals surface area (Å²) in [6, 6.07) is 14.7. The van der Waals surface area contributed by atoms with Crippen molar-refractivity contribution in [1.82, 2.24) is 38.9 Å². The summed E-state index contributed by atoms with van der Waals surface area (Å²) in [5.41, 5.74) is 2.06. The molecule has 14 nitrogen and oxygen atoms in total. The van der Waals surface area contributed by atoms with E-state index >= 15 is 0 Å². The lowest BCUT2D eigenvalue weighted by Gasteiger charge is -2.36. The molecule has 7 rings (SSSR count). The van der Waals surface area contributed by atoms with E-state index in [0.717, 1.165) is 23.6 Å². The van der Waals surface area contributed by atoms with Gasteiger partial charge in [0.1, 0.15) is 28.9 Å². The molecule has 0 bridgehead atoms. The number of aromatic amines is 1. The van der Waals surface area contributed by atoms with Gasteiger partial charge in [-0.05, 0) is 43.7 Å². The van der Waals surface area contributed by atoms with Gasteiger partial charge in [-0.25, -0.2) is 18.4 Å². The summed E-state index contributed by atoms with van der Waals surface area (Å²) in [5, 5.41) is 4.59. The van der Waals surface area contributed by atoms with Gasteiger partial charge in [-0.1, -0.05) is 31.5 Å². The van der Waals surface area contributed by atoms with Gasteiger partial charge in [-0.3, -0.25) is 19.4 Å². The molecule has 1 unspecified atom stereocenters. The first kappa shape index (κ1) is 32.7. The fourth-order valence-electron chi connectivity index (χ4n) is 6.19. The van der Waals surface area contributed by atoms with E-state index in [1.54, 1.807) is 17.8 Å². The van der Waals surface area contributed by atoms with Crippen molar-refractivity contribution < 1.29 is 22.6 Å². The molecule has 2 aliphatic heterocycles. The number of para-hydroxylation sites is 2. The molecule has 0 saturated carbocycles. The van der Waals surface area contributed by atoms with Gasteiger partial charge >= 0.3 is 0 Å². The summed E-state index contributed by atoms with van der Waals surface area (Å²) in [5.74, 6) is 1.77. The Kier molecular flexibility index (Phi) is 9.29. The highest BCUT2D eigenvalue weighted by atomic mass is 32.2. The standard InChI is InChI=1S/C34H38N8O6S/c1-3-9-27-30-31(39-42(27)20-23-10-7-8-13-35-23)33(43)38-32(37-30)26-18-25(19-36-34(26)46-4-2)49(44,45)41-16-14-40(15-17-41)21-24-22-47-28-11-5-6-12-29(28)48-24/h5-8,10-13,18-19,24H,3-4,9,14-17,20-22H2,1-2H3,(H,37,38,43). The molecule has 1 saturated heterocycles.